The summed E-state index contributed by atoms with van der Waals surface area (Å²) in [5.74, 6) is -0.523. The van der Waals surface area contributed by atoms with E-state index >= 15 is 0 Å². The van der Waals surface area contributed by atoms with Crippen LogP contribution in [-0.4, -0.2) is 25.2 Å². The van der Waals surface area contributed by atoms with Gasteiger partial charge in [-0.3, -0.25) is 0 Å². The van der Waals surface area contributed by atoms with Crippen LogP contribution in [-0.2, 0) is 9.53 Å². The number of carbonyl (C=O) groups excluding carboxylic acids is 1. The van der Waals surface area contributed by atoms with Gasteiger partial charge in [-0.1, -0.05) is 0 Å². The Labute approximate surface area is 80.4 Å². The van der Waals surface area contributed by atoms with Gasteiger partial charge in [-0.05, 0) is 25.7 Å². The van der Waals surface area contributed by atoms with Gasteiger partial charge >= 0.3 is 6.18 Å². The minimum atomic E-state index is -4.39. The van der Waals surface area contributed by atoms with Crippen molar-refractivity contribution < 1.29 is 22.7 Å². The first-order chi connectivity index (χ1) is 6.45. The molecule has 0 radical (unpaired) electrons. The Kier molecular flexibility index (Phi) is 3.19. The molecular formula is C9H13F3O2. The van der Waals surface area contributed by atoms with Crippen molar-refractivity contribution in [2.75, 3.05) is 7.11 Å². The molecule has 2 unspecified atom stereocenters. The summed E-state index contributed by atoms with van der Waals surface area (Å²) in [6.45, 7) is 0. The molecule has 0 aromatic heterocycles. The van der Waals surface area contributed by atoms with Crippen LogP contribution in [0.5, 0.6) is 0 Å². The van der Waals surface area contributed by atoms with Gasteiger partial charge in [-0.2, -0.15) is 13.2 Å². The lowest BCUT2D eigenvalue weighted by Crippen LogP contribution is -2.50. The number of methoxy groups -OCH3 is 1. The number of hydrogen-bond donors (Lipinski definition) is 0. The first-order valence-corrected chi connectivity index (χ1v) is 4.52. The van der Waals surface area contributed by atoms with Gasteiger partial charge in [-0.15, -0.1) is 0 Å². The minimum absolute atomic E-state index is 0.0443. The van der Waals surface area contributed by atoms with Crippen molar-refractivity contribution in [3.05, 3.63) is 0 Å². The van der Waals surface area contributed by atoms with Crippen molar-refractivity contribution >= 4 is 6.29 Å². The van der Waals surface area contributed by atoms with E-state index in [-0.39, 0.29) is 12.8 Å². The van der Waals surface area contributed by atoms with E-state index in [0.717, 1.165) is 7.11 Å². The summed E-state index contributed by atoms with van der Waals surface area (Å²) in [5.41, 5.74) is -2.10. The molecule has 0 heterocycles. The van der Waals surface area contributed by atoms with Crippen molar-refractivity contribution in [3.8, 4) is 0 Å². The highest BCUT2D eigenvalue weighted by Gasteiger charge is 2.57. The van der Waals surface area contributed by atoms with Crippen molar-refractivity contribution in [3.63, 3.8) is 0 Å². The summed E-state index contributed by atoms with van der Waals surface area (Å²) in [6.07, 6.45) is -3.16. The van der Waals surface area contributed by atoms with Crippen LogP contribution < -0.4 is 0 Å². The topological polar surface area (TPSA) is 26.3 Å². The van der Waals surface area contributed by atoms with E-state index < -0.39 is 17.7 Å². The molecule has 82 valence electrons. The Morgan fingerprint density at radius 2 is 2.14 bits per heavy atom. The van der Waals surface area contributed by atoms with Crippen LogP contribution in [0.2, 0.25) is 0 Å². The summed E-state index contributed by atoms with van der Waals surface area (Å²) in [7, 11) is 1.06. The molecule has 2 atom stereocenters. The summed E-state index contributed by atoms with van der Waals surface area (Å²) >= 11 is 0. The predicted octanol–water partition coefficient (Wildman–Crippen LogP) is 2.32. The highest BCUT2D eigenvalue weighted by atomic mass is 19.4. The highest BCUT2D eigenvalue weighted by Crippen LogP contribution is 2.45. The second kappa shape index (κ2) is 3.88. The van der Waals surface area contributed by atoms with E-state index in [1.165, 1.54) is 0 Å². The van der Waals surface area contributed by atoms with Gasteiger partial charge in [0, 0.05) is 13.0 Å². The molecule has 0 aromatic rings. The maximum Gasteiger partial charge on any atom is 0.417 e. The van der Waals surface area contributed by atoms with Gasteiger partial charge in [-0.25, -0.2) is 0 Å². The van der Waals surface area contributed by atoms with E-state index in [9.17, 15) is 18.0 Å². The molecule has 1 aliphatic rings. The van der Waals surface area contributed by atoms with Crippen molar-refractivity contribution in [1.82, 2.24) is 0 Å². The summed E-state index contributed by atoms with van der Waals surface area (Å²) in [5, 5.41) is 0. The van der Waals surface area contributed by atoms with Crippen LogP contribution in [0.3, 0.4) is 0 Å². The zero-order valence-corrected chi connectivity index (χ0v) is 7.93. The average Bonchev–Trinajstić information content (AvgIpc) is 2.16. The van der Waals surface area contributed by atoms with Crippen LogP contribution in [0.15, 0.2) is 0 Å². The fourth-order valence-corrected chi connectivity index (χ4v) is 1.95. The molecular weight excluding hydrogens is 197 g/mol. The Morgan fingerprint density at radius 3 is 2.57 bits per heavy atom. The number of halogens is 3. The normalized spacial score (nSPS) is 34.1. The molecule has 1 rings (SSSR count). The molecule has 0 saturated heterocycles. The zero-order chi connectivity index (χ0) is 10.8. The van der Waals surface area contributed by atoms with Crippen molar-refractivity contribution in [2.45, 2.75) is 37.5 Å². The number of hydrogen-bond acceptors (Lipinski definition) is 2. The minimum Gasteiger partial charge on any atom is -0.369 e. The number of ether oxygens (including phenoxy) is 1. The molecule has 14 heavy (non-hydrogen) atoms. The molecule has 0 aromatic carbocycles. The quantitative estimate of drug-likeness (QED) is 0.654. The SMILES string of the molecule is COC1(C(F)(F)F)CCCC(C=O)C1. The third-order valence-corrected chi connectivity index (χ3v) is 2.85. The van der Waals surface area contributed by atoms with Gasteiger partial charge in [0.25, 0.3) is 0 Å². The molecule has 0 bridgehead atoms. The van der Waals surface area contributed by atoms with E-state index in [2.05, 4.69) is 4.74 Å². The van der Waals surface area contributed by atoms with Gasteiger partial charge in [0.1, 0.15) is 6.29 Å². The predicted molar refractivity (Wildman–Crippen MR) is 43.8 cm³/mol. The van der Waals surface area contributed by atoms with E-state index in [1.807, 2.05) is 0 Å². The van der Waals surface area contributed by atoms with E-state index in [0.29, 0.717) is 19.1 Å². The Bertz CT molecular complexity index is 215. The summed E-state index contributed by atoms with van der Waals surface area (Å²) < 4.78 is 42.6. The smallest absolute Gasteiger partial charge is 0.369 e. The summed E-state index contributed by atoms with van der Waals surface area (Å²) in [4.78, 5) is 10.5. The third-order valence-electron chi connectivity index (χ3n) is 2.85. The first kappa shape index (κ1) is 11.5. The van der Waals surface area contributed by atoms with Crippen LogP contribution in [0.4, 0.5) is 13.2 Å². The van der Waals surface area contributed by atoms with E-state index in [4.69, 9.17) is 0 Å². The van der Waals surface area contributed by atoms with Crippen molar-refractivity contribution in [1.29, 1.82) is 0 Å². The lowest BCUT2D eigenvalue weighted by molar-refractivity contribution is -0.282. The van der Waals surface area contributed by atoms with Crippen LogP contribution in [0.25, 0.3) is 0 Å². The van der Waals surface area contributed by atoms with Crippen LogP contribution in [0, 0.1) is 5.92 Å². The maximum atomic E-state index is 12.7. The zero-order valence-electron chi connectivity index (χ0n) is 7.93. The molecule has 2 nitrogen and oxygen atoms in total. The Morgan fingerprint density at radius 1 is 1.50 bits per heavy atom. The third kappa shape index (κ3) is 1.92. The Hall–Kier alpha value is -0.580. The lowest BCUT2D eigenvalue weighted by Gasteiger charge is -2.39. The number of rotatable bonds is 2. The Balaban J connectivity index is 2.83. The second-order valence-corrected chi connectivity index (χ2v) is 3.69. The monoisotopic (exact) mass is 210 g/mol. The maximum absolute atomic E-state index is 12.7. The molecule has 1 saturated carbocycles. The average molecular weight is 210 g/mol. The summed E-state index contributed by atoms with van der Waals surface area (Å²) in [6, 6.07) is 0. The number of alkyl halides is 3. The molecule has 1 aliphatic carbocycles. The standard InChI is InChI=1S/C9H13F3O2/c1-14-8(9(10,11)12)4-2-3-7(5-8)6-13/h6-7H,2-5H2,1H3. The van der Waals surface area contributed by atoms with Gasteiger partial charge in [0.05, 0.1) is 0 Å². The van der Waals surface area contributed by atoms with Gasteiger partial charge in [0.2, 0.25) is 0 Å². The fourth-order valence-electron chi connectivity index (χ4n) is 1.95. The highest BCUT2D eigenvalue weighted by molar-refractivity contribution is 5.54. The molecule has 1 fully saturated rings. The largest absolute Gasteiger partial charge is 0.417 e. The molecule has 0 N–H and O–H groups in total. The molecule has 0 spiro atoms. The first-order valence-electron chi connectivity index (χ1n) is 4.52. The molecule has 0 amide bonds. The second-order valence-electron chi connectivity index (χ2n) is 3.69. The van der Waals surface area contributed by atoms with Crippen molar-refractivity contribution in [2.24, 2.45) is 5.92 Å². The fraction of sp³-hybridized carbons (Fsp3) is 0.889. The number of aldehydes is 1. The van der Waals surface area contributed by atoms with E-state index in [1.54, 1.807) is 0 Å². The van der Waals surface area contributed by atoms with Crippen LogP contribution in [0.1, 0.15) is 25.7 Å². The van der Waals surface area contributed by atoms with Gasteiger partial charge in [0.15, 0.2) is 5.60 Å². The lowest BCUT2D eigenvalue weighted by atomic mass is 9.78. The molecule has 0 aliphatic heterocycles. The van der Waals surface area contributed by atoms with Crippen LogP contribution >= 0.6 is 0 Å². The number of carbonyl (C=O) groups is 1. The van der Waals surface area contributed by atoms with Gasteiger partial charge < -0.3 is 9.53 Å². The molecule has 5 heteroatoms.